The van der Waals surface area contributed by atoms with E-state index in [0.29, 0.717) is 13.2 Å². The van der Waals surface area contributed by atoms with Crippen LogP contribution in [0.1, 0.15) is 12.8 Å². The van der Waals surface area contributed by atoms with Crippen LogP contribution in [0.15, 0.2) is 0 Å². The Hall–Kier alpha value is -1.34. The molecule has 0 aromatic rings. The zero-order valence-corrected chi connectivity index (χ0v) is 9.76. The SMILES string of the molecule is CN(C(=O)NC[C@H](O)C(=O)O)C1CCOCC1. The fourth-order valence-electron chi connectivity index (χ4n) is 1.63. The van der Waals surface area contributed by atoms with E-state index < -0.39 is 12.1 Å². The Kier molecular flexibility index (Phi) is 5.17. The molecule has 0 bridgehead atoms. The van der Waals surface area contributed by atoms with Gasteiger partial charge in [0.2, 0.25) is 0 Å². The number of carboxylic acids is 1. The van der Waals surface area contributed by atoms with Crippen LogP contribution >= 0.6 is 0 Å². The second-order valence-electron chi connectivity index (χ2n) is 3.99. The zero-order chi connectivity index (χ0) is 12.8. The van der Waals surface area contributed by atoms with Gasteiger partial charge >= 0.3 is 12.0 Å². The Labute approximate surface area is 99.4 Å². The number of ether oxygens (including phenoxy) is 1. The van der Waals surface area contributed by atoms with Gasteiger partial charge in [0.05, 0.1) is 6.54 Å². The van der Waals surface area contributed by atoms with Crippen molar-refractivity contribution in [3.8, 4) is 0 Å². The number of nitrogens with one attached hydrogen (secondary N) is 1. The van der Waals surface area contributed by atoms with E-state index in [1.54, 1.807) is 7.05 Å². The number of carboxylic acid groups (broad SMARTS) is 1. The molecular weight excluding hydrogens is 228 g/mol. The van der Waals surface area contributed by atoms with E-state index in [9.17, 15) is 9.59 Å². The number of nitrogens with zero attached hydrogens (tertiary/aromatic N) is 1. The third-order valence-corrected chi connectivity index (χ3v) is 2.79. The first-order chi connectivity index (χ1) is 8.02. The van der Waals surface area contributed by atoms with Crippen LogP contribution in [0.2, 0.25) is 0 Å². The van der Waals surface area contributed by atoms with Gasteiger partial charge in [0.25, 0.3) is 0 Å². The number of hydrogen-bond donors (Lipinski definition) is 3. The number of hydrogen-bond acceptors (Lipinski definition) is 4. The lowest BCUT2D eigenvalue weighted by molar-refractivity contribution is -0.146. The highest BCUT2D eigenvalue weighted by Crippen LogP contribution is 2.12. The van der Waals surface area contributed by atoms with Gasteiger partial charge < -0.3 is 25.2 Å². The smallest absolute Gasteiger partial charge is 0.334 e. The van der Waals surface area contributed by atoms with Crippen molar-refractivity contribution in [3.63, 3.8) is 0 Å². The van der Waals surface area contributed by atoms with Crippen molar-refractivity contribution in [3.05, 3.63) is 0 Å². The largest absolute Gasteiger partial charge is 0.479 e. The van der Waals surface area contributed by atoms with Crippen molar-refractivity contribution in [2.75, 3.05) is 26.8 Å². The summed E-state index contributed by atoms with van der Waals surface area (Å²) in [6.45, 7) is 0.960. The molecule has 2 amide bonds. The molecule has 1 aliphatic heterocycles. The second-order valence-corrected chi connectivity index (χ2v) is 3.99. The Morgan fingerprint density at radius 3 is 2.59 bits per heavy atom. The minimum absolute atomic E-state index is 0.103. The third kappa shape index (κ3) is 4.20. The molecule has 98 valence electrons. The molecule has 1 heterocycles. The first kappa shape index (κ1) is 13.7. The normalized spacial score (nSPS) is 18.5. The predicted molar refractivity (Wildman–Crippen MR) is 58.6 cm³/mol. The van der Waals surface area contributed by atoms with E-state index in [1.165, 1.54) is 4.90 Å². The number of rotatable bonds is 4. The van der Waals surface area contributed by atoms with Crippen molar-refractivity contribution in [1.82, 2.24) is 10.2 Å². The molecule has 0 spiro atoms. The van der Waals surface area contributed by atoms with Crippen LogP contribution in [-0.2, 0) is 9.53 Å². The summed E-state index contributed by atoms with van der Waals surface area (Å²) < 4.78 is 5.18. The molecule has 1 saturated heterocycles. The molecule has 17 heavy (non-hydrogen) atoms. The summed E-state index contributed by atoms with van der Waals surface area (Å²) in [4.78, 5) is 23.5. The maximum absolute atomic E-state index is 11.6. The molecule has 1 fully saturated rings. The summed E-state index contributed by atoms with van der Waals surface area (Å²) in [6.07, 6.45) is -0.0291. The number of carbonyl (C=O) groups excluding carboxylic acids is 1. The highest BCUT2D eigenvalue weighted by molar-refractivity contribution is 5.76. The fourth-order valence-corrected chi connectivity index (χ4v) is 1.63. The minimum Gasteiger partial charge on any atom is -0.479 e. The standard InChI is InChI=1S/C10H18N2O5/c1-12(7-2-4-17-5-3-7)10(16)11-6-8(13)9(14)15/h7-8,13H,2-6H2,1H3,(H,11,16)(H,14,15)/t8-/m0/s1. The number of aliphatic hydroxyl groups excluding tert-OH is 1. The summed E-state index contributed by atoms with van der Waals surface area (Å²) in [5.74, 6) is -1.35. The van der Waals surface area contributed by atoms with Gasteiger partial charge in [-0.1, -0.05) is 0 Å². The summed E-state index contributed by atoms with van der Waals surface area (Å²) in [6, 6.07) is -0.275. The van der Waals surface area contributed by atoms with E-state index in [-0.39, 0.29) is 18.6 Å². The Morgan fingerprint density at radius 1 is 1.47 bits per heavy atom. The van der Waals surface area contributed by atoms with Gasteiger partial charge in [0.15, 0.2) is 6.10 Å². The van der Waals surface area contributed by atoms with Crippen molar-refractivity contribution in [2.24, 2.45) is 0 Å². The number of aliphatic carboxylic acids is 1. The molecule has 0 saturated carbocycles. The summed E-state index contributed by atoms with van der Waals surface area (Å²) >= 11 is 0. The summed E-state index contributed by atoms with van der Waals surface area (Å²) in [7, 11) is 1.65. The number of carbonyl (C=O) groups is 2. The molecule has 7 nitrogen and oxygen atoms in total. The number of aliphatic hydroxyl groups is 1. The van der Waals surface area contributed by atoms with Crippen molar-refractivity contribution in [1.29, 1.82) is 0 Å². The summed E-state index contributed by atoms with van der Waals surface area (Å²) in [5.41, 5.74) is 0. The number of amides is 2. The van der Waals surface area contributed by atoms with E-state index in [2.05, 4.69) is 5.32 Å². The molecule has 0 aliphatic carbocycles. The predicted octanol–water partition coefficient (Wildman–Crippen LogP) is -0.748. The van der Waals surface area contributed by atoms with E-state index in [4.69, 9.17) is 14.9 Å². The van der Waals surface area contributed by atoms with Crippen LogP contribution in [0.4, 0.5) is 4.79 Å². The lowest BCUT2D eigenvalue weighted by Crippen LogP contribution is -2.48. The molecule has 7 heteroatoms. The third-order valence-electron chi connectivity index (χ3n) is 2.79. The van der Waals surface area contributed by atoms with Gasteiger partial charge in [-0.25, -0.2) is 9.59 Å². The Balaban J connectivity index is 2.33. The highest BCUT2D eigenvalue weighted by atomic mass is 16.5. The van der Waals surface area contributed by atoms with Crippen LogP contribution in [0.25, 0.3) is 0 Å². The van der Waals surface area contributed by atoms with Crippen LogP contribution in [0, 0.1) is 0 Å². The van der Waals surface area contributed by atoms with Crippen molar-refractivity contribution < 1.29 is 24.5 Å². The van der Waals surface area contributed by atoms with E-state index >= 15 is 0 Å². The average Bonchev–Trinajstić information content (AvgIpc) is 2.35. The molecule has 1 atom stereocenters. The molecule has 0 unspecified atom stereocenters. The van der Waals surface area contributed by atoms with E-state index in [1.807, 2.05) is 0 Å². The molecule has 0 radical (unpaired) electrons. The Morgan fingerprint density at radius 2 is 2.06 bits per heavy atom. The highest BCUT2D eigenvalue weighted by Gasteiger charge is 2.23. The molecular formula is C10H18N2O5. The van der Waals surface area contributed by atoms with Gasteiger partial charge in [0, 0.05) is 26.3 Å². The van der Waals surface area contributed by atoms with Gasteiger partial charge in [0.1, 0.15) is 0 Å². The first-order valence-corrected chi connectivity index (χ1v) is 5.51. The van der Waals surface area contributed by atoms with Crippen LogP contribution < -0.4 is 5.32 Å². The molecule has 0 aromatic heterocycles. The lowest BCUT2D eigenvalue weighted by Gasteiger charge is -2.31. The molecule has 1 aliphatic rings. The van der Waals surface area contributed by atoms with Gasteiger partial charge in [-0.3, -0.25) is 0 Å². The van der Waals surface area contributed by atoms with Crippen LogP contribution in [0.5, 0.6) is 0 Å². The Bertz CT molecular complexity index is 278. The quantitative estimate of drug-likeness (QED) is 0.606. The van der Waals surface area contributed by atoms with Gasteiger partial charge in [-0.2, -0.15) is 0 Å². The fraction of sp³-hybridized carbons (Fsp3) is 0.800. The maximum atomic E-state index is 11.6. The zero-order valence-electron chi connectivity index (χ0n) is 9.76. The topological polar surface area (TPSA) is 99.1 Å². The van der Waals surface area contributed by atoms with Gasteiger partial charge in [-0.05, 0) is 12.8 Å². The monoisotopic (exact) mass is 246 g/mol. The number of urea groups is 1. The minimum atomic E-state index is -1.57. The van der Waals surface area contributed by atoms with E-state index in [0.717, 1.165) is 12.8 Å². The van der Waals surface area contributed by atoms with Crippen molar-refractivity contribution in [2.45, 2.75) is 25.0 Å². The average molecular weight is 246 g/mol. The lowest BCUT2D eigenvalue weighted by atomic mass is 10.1. The van der Waals surface area contributed by atoms with Gasteiger partial charge in [-0.15, -0.1) is 0 Å². The second kappa shape index (κ2) is 6.41. The maximum Gasteiger partial charge on any atom is 0.334 e. The molecule has 3 N–H and O–H groups in total. The first-order valence-electron chi connectivity index (χ1n) is 5.51. The molecule has 1 rings (SSSR count). The molecule has 0 aromatic carbocycles. The summed E-state index contributed by atoms with van der Waals surface area (Å²) in [5, 5.41) is 19.8. The van der Waals surface area contributed by atoms with Crippen LogP contribution in [-0.4, -0.2) is 66.1 Å². The van der Waals surface area contributed by atoms with Crippen LogP contribution in [0.3, 0.4) is 0 Å². The van der Waals surface area contributed by atoms with Crippen molar-refractivity contribution >= 4 is 12.0 Å².